The van der Waals surface area contributed by atoms with Gasteiger partial charge in [-0.1, -0.05) is 28.1 Å². The second-order valence-electron chi connectivity index (χ2n) is 7.82. The Labute approximate surface area is 211 Å². The molecule has 1 fully saturated rings. The average Bonchev–Trinajstić information content (AvgIpc) is 3.49. The Kier molecular flexibility index (Phi) is 6.17. The number of hydrogen-bond donors (Lipinski definition) is 1. The van der Waals surface area contributed by atoms with E-state index in [2.05, 4.69) is 41.8 Å². The molecule has 170 valence electrons. The Morgan fingerprint density at radius 3 is 2.59 bits per heavy atom. The lowest BCUT2D eigenvalue weighted by atomic mass is 10.0. The van der Waals surface area contributed by atoms with Crippen molar-refractivity contribution in [3.8, 4) is 5.69 Å². The van der Waals surface area contributed by atoms with Crippen LogP contribution >= 0.6 is 28.1 Å². The molecule has 0 bridgehead atoms. The Balaban J connectivity index is 1.65. The van der Waals surface area contributed by atoms with Gasteiger partial charge < -0.3 is 19.5 Å². The molecule has 3 heterocycles. The predicted molar refractivity (Wildman–Crippen MR) is 139 cm³/mol. The van der Waals surface area contributed by atoms with Crippen molar-refractivity contribution < 1.29 is 9.53 Å². The fraction of sp³-hybridized carbons (Fsp3) is 0.115. The van der Waals surface area contributed by atoms with Gasteiger partial charge in [-0.05, 0) is 78.9 Å². The summed E-state index contributed by atoms with van der Waals surface area (Å²) in [5.74, 6) is -0.373. The number of rotatable bonds is 5. The minimum atomic E-state index is -0.373. The van der Waals surface area contributed by atoms with E-state index in [1.54, 1.807) is 12.3 Å². The second kappa shape index (κ2) is 9.40. The third-order valence-corrected chi connectivity index (χ3v) is 6.67. The van der Waals surface area contributed by atoms with E-state index >= 15 is 0 Å². The number of carbonyl (C=O) groups is 1. The summed E-state index contributed by atoms with van der Waals surface area (Å²) in [5.41, 5.74) is 4.22. The lowest BCUT2D eigenvalue weighted by molar-refractivity contribution is 0.0600. The highest BCUT2D eigenvalue weighted by Crippen LogP contribution is 2.42. The lowest BCUT2D eigenvalue weighted by Gasteiger charge is -2.29. The van der Waals surface area contributed by atoms with E-state index < -0.39 is 0 Å². The normalized spacial score (nSPS) is 17.5. The largest absolute Gasteiger partial charge is 0.465 e. The van der Waals surface area contributed by atoms with E-state index in [4.69, 9.17) is 17.0 Å². The first kappa shape index (κ1) is 22.3. The molecule has 0 unspecified atom stereocenters. The maximum Gasteiger partial charge on any atom is 0.337 e. The zero-order chi connectivity index (χ0) is 23.7. The van der Waals surface area contributed by atoms with Crippen molar-refractivity contribution in [2.24, 2.45) is 0 Å². The van der Waals surface area contributed by atoms with Gasteiger partial charge >= 0.3 is 5.97 Å². The number of nitrogens with zero attached hydrogens (tertiary/aromatic N) is 3. The van der Waals surface area contributed by atoms with Crippen molar-refractivity contribution in [3.05, 3.63) is 113 Å². The zero-order valence-corrected chi connectivity index (χ0v) is 20.7. The number of benzene rings is 2. The summed E-state index contributed by atoms with van der Waals surface area (Å²) in [6.07, 6.45) is 3.78. The number of aromatic nitrogens is 2. The van der Waals surface area contributed by atoms with E-state index in [1.165, 1.54) is 7.11 Å². The summed E-state index contributed by atoms with van der Waals surface area (Å²) in [7, 11) is 1.38. The van der Waals surface area contributed by atoms with Crippen molar-refractivity contribution in [3.63, 3.8) is 0 Å². The molecule has 6 nitrogen and oxygen atoms in total. The minimum Gasteiger partial charge on any atom is -0.465 e. The molecule has 34 heavy (non-hydrogen) atoms. The van der Waals surface area contributed by atoms with Gasteiger partial charge in [0.05, 0.1) is 24.4 Å². The van der Waals surface area contributed by atoms with Gasteiger partial charge in [0.1, 0.15) is 6.04 Å². The van der Waals surface area contributed by atoms with Crippen molar-refractivity contribution in [1.29, 1.82) is 0 Å². The quantitative estimate of drug-likeness (QED) is 0.266. The van der Waals surface area contributed by atoms with Crippen LogP contribution in [0.1, 0.15) is 33.8 Å². The first-order chi connectivity index (χ1) is 16.6. The molecule has 0 radical (unpaired) electrons. The highest BCUT2D eigenvalue weighted by molar-refractivity contribution is 9.10. The molecule has 5 rings (SSSR count). The Hall–Kier alpha value is -3.49. The average molecular weight is 533 g/mol. The molecular formula is C26H21BrN4O2S. The van der Waals surface area contributed by atoms with Crippen LogP contribution in [0.15, 0.2) is 95.7 Å². The van der Waals surface area contributed by atoms with Gasteiger partial charge in [-0.25, -0.2) is 4.79 Å². The van der Waals surface area contributed by atoms with Crippen LogP contribution in [0.2, 0.25) is 0 Å². The van der Waals surface area contributed by atoms with E-state index in [1.807, 2.05) is 72.9 Å². The van der Waals surface area contributed by atoms with Crippen molar-refractivity contribution in [2.45, 2.75) is 12.1 Å². The number of thiocarbonyl (C=S) groups is 1. The first-order valence-corrected chi connectivity index (χ1v) is 11.9. The van der Waals surface area contributed by atoms with E-state index in [0.29, 0.717) is 10.7 Å². The van der Waals surface area contributed by atoms with Crippen LogP contribution in [0.4, 0.5) is 5.69 Å². The molecule has 0 saturated carbocycles. The second-order valence-corrected chi connectivity index (χ2v) is 9.12. The number of hydrogen-bond acceptors (Lipinski definition) is 4. The molecule has 0 amide bonds. The molecule has 4 aromatic rings. The van der Waals surface area contributed by atoms with Gasteiger partial charge in [0, 0.05) is 33.9 Å². The van der Waals surface area contributed by atoms with Crippen LogP contribution in [-0.4, -0.2) is 27.7 Å². The van der Waals surface area contributed by atoms with Crippen LogP contribution in [0, 0.1) is 0 Å². The Bertz CT molecular complexity index is 1340. The lowest BCUT2D eigenvalue weighted by Crippen LogP contribution is -2.30. The SMILES string of the molecule is COC(=O)c1cccc(-n2cccc2[C@H]2[C@H](c3ccccn3)NC(=S)N2c2ccc(Br)cc2)c1. The van der Waals surface area contributed by atoms with Crippen molar-refractivity contribution in [2.75, 3.05) is 12.0 Å². The molecule has 2 atom stereocenters. The Morgan fingerprint density at radius 1 is 1.03 bits per heavy atom. The number of carbonyl (C=O) groups excluding carboxylic acids is 1. The highest BCUT2D eigenvalue weighted by atomic mass is 79.9. The number of methoxy groups -OCH3 is 1. The fourth-order valence-electron chi connectivity index (χ4n) is 4.31. The zero-order valence-electron chi connectivity index (χ0n) is 18.3. The van der Waals surface area contributed by atoms with Gasteiger partial charge in [0.25, 0.3) is 0 Å². The van der Waals surface area contributed by atoms with E-state index in [0.717, 1.165) is 27.2 Å². The number of esters is 1. The van der Waals surface area contributed by atoms with E-state index in [9.17, 15) is 4.79 Å². The summed E-state index contributed by atoms with van der Waals surface area (Å²) in [6.45, 7) is 0. The Morgan fingerprint density at radius 2 is 1.85 bits per heavy atom. The summed E-state index contributed by atoms with van der Waals surface area (Å²) in [5, 5.41) is 4.11. The molecular weight excluding hydrogens is 512 g/mol. The van der Waals surface area contributed by atoms with Crippen LogP contribution in [0.3, 0.4) is 0 Å². The van der Waals surface area contributed by atoms with Crippen molar-refractivity contribution in [1.82, 2.24) is 14.9 Å². The standard InChI is InChI=1S/C26H21BrN4O2S/c1-33-25(32)17-6-4-7-20(16-17)30-15-5-9-22(30)24-23(21-8-2-3-14-28-21)29-26(34)31(24)19-12-10-18(27)11-13-19/h2-16,23-24H,1H3,(H,29,34)/t23-,24-/m0/s1. The summed E-state index contributed by atoms with van der Waals surface area (Å²) < 4.78 is 7.99. The molecule has 2 aromatic heterocycles. The van der Waals surface area contributed by atoms with Crippen molar-refractivity contribution >= 4 is 44.9 Å². The van der Waals surface area contributed by atoms with Gasteiger partial charge in [-0.2, -0.15) is 0 Å². The van der Waals surface area contributed by atoms with Gasteiger partial charge in [-0.3, -0.25) is 4.98 Å². The topological polar surface area (TPSA) is 59.4 Å². The molecule has 1 aliphatic heterocycles. The van der Waals surface area contributed by atoms with Gasteiger partial charge in [0.15, 0.2) is 5.11 Å². The predicted octanol–water partition coefficient (Wildman–Crippen LogP) is 5.60. The highest BCUT2D eigenvalue weighted by Gasteiger charge is 2.42. The monoisotopic (exact) mass is 532 g/mol. The summed E-state index contributed by atoms with van der Waals surface area (Å²) >= 11 is 9.34. The maximum absolute atomic E-state index is 12.1. The molecule has 0 aliphatic carbocycles. The van der Waals surface area contributed by atoms with E-state index in [-0.39, 0.29) is 18.1 Å². The smallest absolute Gasteiger partial charge is 0.337 e. The number of ether oxygens (including phenoxy) is 1. The molecule has 1 saturated heterocycles. The number of pyridine rings is 1. The van der Waals surface area contributed by atoms with Gasteiger partial charge in [-0.15, -0.1) is 0 Å². The fourth-order valence-corrected chi connectivity index (χ4v) is 4.92. The molecule has 8 heteroatoms. The molecule has 1 N–H and O–H groups in total. The number of nitrogens with one attached hydrogen (secondary N) is 1. The third-order valence-electron chi connectivity index (χ3n) is 5.83. The third kappa shape index (κ3) is 4.10. The summed E-state index contributed by atoms with van der Waals surface area (Å²) in [4.78, 5) is 18.9. The number of anilines is 1. The first-order valence-electron chi connectivity index (χ1n) is 10.7. The molecule has 1 aliphatic rings. The van der Waals surface area contributed by atoms with Crippen LogP contribution in [0.25, 0.3) is 5.69 Å². The van der Waals surface area contributed by atoms with Crippen LogP contribution < -0.4 is 10.2 Å². The van der Waals surface area contributed by atoms with Crippen LogP contribution in [-0.2, 0) is 4.74 Å². The number of halogens is 1. The minimum absolute atomic E-state index is 0.171. The maximum atomic E-state index is 12.1. The van der Waals surface area contributed by atoms with Crippen LogP contribution in [0.5, 0.6) is 0 Å². The molecule has 2 aromatic carbocycles. The molecule has 0 spiro atoms. The summed E-state index contributed by atoms with van der Waals surface area (Å²) in [6, 6.07) is 25.1. The van der Waals surface area contributed by atoms with Gasteiger partial charge in [0.2, 0.25) is 0 Å².